The van der Waals surface area contributed by atoms with E-state index in [-0.39, 0.29) is 6.42 Å². The van der Waals surface area contributed by atoms with Gasteiger partial charge in [-0.2, -0.15) is 0 Å². The summed E-state index contributed by atoms with van der Waals surface area (Å²) in [6.45, 7) is 4.87. The van der Waals surface area contributed by atoms with Crippen molar-refractivity contribution in [2.24, 2.45) is 5.73 Å². The van der Waals surface area contributed by atoms with Gasteiger partial charge in [0.15, 0.2) is 0 Å². The molecule has 0 aromatic heterocycles. The van der Waals surface area contributed by atoms with Crippen molar-refractivity contribution in [2.75, 3.05) is 7.11 Å². The molecule has 0 saturated carbocycles. The number of hydrogen-bond donors (Lipinski definition) is 4. The molecule has 0 bridgehead atoms. The van der Waals surface area contributed by atoms with Gasteiger partial charge in [0, 0.05) is 6.42 Å². The molecule has 0 spiro atoms. The Balaban J connectivity index is 1.99. The number of esters is 1. The number of ether oxygens (including phenoxy) is 2. The minimum Gasteiger partial charge on any atom is -0.488 e. The number of carbonyl (C=O) groups excluding carboxylic acids is 4. The highest BCUT2D eigenvalue weighted by atomic mass is 127. The highest BCUT2D eigenvalue weighted by molar-refractivity contribution is 14.1. The Hall–Kier alpha value is -3.19. The van der Waals surface area contributed by atoms with E-state index in [1.54, 1.807) is 0 Å². The maximum Gasteiger partial charge on any atom is 0.328 e. The second-order valence-electron chi connectivity index (χ2n) is 8.58. The molecule has 2 aromatic carbocycles. The molecule has 3 amide bonds. The summed E-state index contributed by atoms with van der Waals surface area (Å²) in [6.07, 6.45) is 0.175. The number of carbonyl (C=O) groups is 4. The average molecular weight is 624 g/mol. The van der Waals surface area contributed by atoms with Gasteiger partial charge in [-0.25, -0.2) is 4.79 Å². The first kappa shape index (κ1) is 30.0. The van der Waals surface area contributed by atoms with Crippen molar-refractivity contribution < 1.29 is 28.7 Å². The van der Waals surface area contributed by atoms with Gasteiger partial charge >= 0.3 is 5.97 Å². The van der Waals surface area contributed by atoms with Crippen LogP contribution in [0.2, 0.25) is 0 Å². The van der Waals surface area contributed by atoms with Crippen molar-refractivity contribution in [2.45, 2.75) is 58.0 Å². The molecule has 0 aliphatic carbocycles. The maximum absolute atomic E-state index is 12.7. The standard InChI is InChI=1S/C26H33IN4O6/c1-15(28)23(32)29-16(2)24(33)30-17(3)25(34)31-21(26(35)36-4)13-19-10-11-22(20(27)12-19)37-14-18-8-6-5-7-9-18/h5-12,15-17,21H,13-14,28H2,1-4H3,(H,29,32)(H,30,33)(H,31,34)/t15-,16-,17-,21-/m0/s1. The van der Waals surface area contributed by atoms with E-state index in [4.69, 9.17) is 15.2 Å². The summed E-state index contributed by atoms with van der Waals surface area (Å²) in [5.41, 5.74) is 7.32. The van der Waals surface area contributed by atoms with Crippen molar-refractivity contribution in [3.63, 3.8) is 0 Å². The van der Waals surface area contributed by atoms with E-state index in [2.05, 4.69) is 38.5 Å². The van der Waals surface area contributed by atoms with Gasteiger partial charge in [-0.1, -0.05) is 36.4 Å². The van der Waals surface area contributed by atoms with E-state index in [0.717, 1.165) is 14.7 Å². The molecule has 5 N–H and O–H groups in total. The summed E-state index contributed by atoms with van der Waals surface area (Å²) in [5, 5.41) is 7.61. The van der Waals surface area contributed by atoms with Crippen molar-refractivity contribution in [3.05, 3.63) is 63.2 Å². The average Bonchev–Trinajstić information content (AvgIpc) is 2.87. The molecule has 2 rings (SSSR count). The van der Waals surface area contributed by atoms with Gasteiger partial charge in [-0.05, 0) is 66.6 Å². The number of halogens is 1. The lowest BCUT2D eigenvalue weighted by atomic mass is 10.1. The van der Waals surface area contributed by atoms with E-state index >= 15 is 0 Å². The summed E-state index contributed by atoms with van der Waals surface area (Å²) in [6, 6.07) is 11.7. The fourth-order valence-electron chi connectivity index (χ4n) is 3.21. The molecule has 37 heavy (non-hydrogen) atoms. The number of methoxy groups -OCH3 is 1. The fraction of sp³-hybridized carbons (Fsp3) is 0.385. The van der Waals surface area contributed by atoms with Crippen LogP contribution in [0.1, 0.15) is 31.9 Å². The maximum atomic E-state index is 12.7. The molecule has 0 fully saturated rings. The fourth-order valence-corrected chi connectivity index (χ4v) is 3.94. The van der Waals surface area contributed by atoms with Gasteiger partial charge in [0.1, 0.15) is 30.5 Å². The number of rotatable bonds is 12. The summed E-state index contributed by atoms with van der Waals surface area (Å²) in [7, 11) is 1.24. The summed E-state index contributed by atoms with van der Waals surface area (Å²) in [5.74, 6) is -1.55. The Kier molecular flexibility index (Phi) is 11.8. The Morgan fingerprint density at radius 1 is 0.865 bits per heavy atom. The van der Waals surface area contributed by atoms with E-state index in [1.807, 2.05) is 48.5 Å². The van der Waals surface area contributed by atoms with Gasteiger partial charge in [0.2, 0.25) is 17.7 Å². The van der Waals surface area contributed by atoms with Crippen LogP contribution < -0.4 is 26.4 Å². The molecular formula is C26H33IN4O6. The lowest BCUT2D eigenvalue weighted by molar-refractivity contribution is -0.145. The smallest absolute Gasteiger partial charge is 0.328 e. The van der Waals surface area contributed by atoms with Crippen LogP contribution in [0.5, 0.6) is 5.75 Å². The van der Waals surface area contributed by atoms with Crippen molar-refractivity contribution >= 4 is 46.3 Å². The number of hydrogen-bond acceptors (Lipinski definition) is 7. The van der Waals surface area contributed by atoms with E-state index in [1.165, 1.54) is 27.9 Å². The monoisotopic (exact) mass is 624 g/mol. The molecule has 0 radical (unpaired) electrons. The predicted octanol–water partition coefficient (Wildman–Crippen LogP) is 1.43. The summed E-state index contributed by atoms with van der Waals surface area (Å²) < 4.78 is 11.6. The molecule has 2 aromatic rings. The van der Waals surface area contributed by atoms with Gasteiger partial charge in [0.05, 0.1) is 16.7 Å². The van der Waals surface area contributed by atoms with Crippen molar-refractivity contribution in [3.8, 4) is 5.75 Å². The topological polar surface area (TPSA) is 149 Å². The minimum atomic E-state index is -0.973. The minimum absolute atomic E-state index is 0.175. The molecule has 0 heterocycles. The molecule has 4 atom stereocenters. The third-order valence-electron chi connectivity index (χ3n) is 5.39. The predicted molar refractivity (Wildman–Crippen MR) is 146 cm³/mol. The Bertz CT molecular complexity index is 1100. The zero-order chi connectivity index (χ0) is 27.5. The second-order valence-corrected chi connectivity index (χ2v) is 9.74. The third kappa shape index (κ3) is 9.65. The first-order valence-corrected chi connectivity index (χ1v) is 12.8. The summed E-state index contributed by atoms with van der Waals surface area (Å²) >= 11 is 2.16. The molecule has 0 unspecified atom stereocenters. The largest absolute Gasteiger partial charge is 0.488 e. The van der Waals surface area contributed by atoms with Crippen LogP contribution in [-0.4, -0.2) is 55.0 Å². The summed E-state index contributed by atoms with van der Waals surface area (Å²) in [4.78, 5) is 49.2. The van der Waals surface area contributed by atoms with Gasteiger partial charge < -0.3 is 31.2 Å². The Morgan fingerprint density at radius 2 is 1.46 bits per heavy atom. The molecule has 11 heteroatoms. The van der Waals surface area contributed by atoms with E-state index in [9.17, 15) is 19.2 Å². The quantitative estimate of drug-likeness (QED) is 0.206. The number of benzene rings is 2. The Morgan fingerprint density at radius 3 is 2.03 bits per heavy atom. The van der Waals surface area contributed by atoms with Gasteiger partial charge in [0.25, 0.3) is 0 Å². The normalized spacial score (nSPS) is 13.9. The lowest BCUT2D eigenvalue weighted by Gasteiger charge is -2.22. The van der Waals surface area contributed by atoms with Crippen molar-refractivity contribution in [1.82, 2.24) is 16.0 Å². The molecule has 10 nitrogen and oxygen atoms in total. The zero-order valence-corrected chi connectivity index (χ0v) is 23.4. The van der Waals surface area contributed by atoms with E-state index < -0.39 is 47.9 Å². The third-order valence-corrected chi connectivity index (χ3v) is 6.24. The first-order valence-electron chi connectivity index (χ1n) is 11.7. The molecular weight excluding hydrogens is 591 g/mol. The van der Waals surface area contributed by atoms with Crippen LogP contribution in [0.15, 0.2) is 48.5 Å². The molecule has 200 valence electrons. The van der Waals surface area contributed by atoms with Gasteiger partial charge in [-0.3, -0.25) is 14.4 Å². The van der Waals surface area contributed by atoms with Crippen LogP contribution >= 0.6 is 22.6 Å². The molecule has 0 aliphatic rings. The highest BCUT2D eigenvalue weighted by Gasteiger charge is 2.27. The van der Waals surface area contributed by atoms with Crippen LogP contribution in [0.4, 0.5) is 0 Å². The number of amides is 3. The molecule has 0 aliphatic heterocycles. The van der Waals surface area contributed by atoms with Crippen LogP contribution in [0, 0.1) is 3.57 Å². The van der Waals surface area contributed by atoms with Crippen LogP contribution in [-0.2, 0) is 36.9 Å². The highest BCUT2D eigenvalue weighted by Crippen LogP contribution is 2.24. The van der Waals surface area contributed by atoms with Crippen LogP contribution in [0.25, 0.3) is 0 Å². The lowest BCUT2D eigenvalue weighted by Crippen LogP contribution is -2.55. The number of nitrogens with two attached hydrogens (primary N) is 1. The zero-order valence-electron chi connectivity index (χ0n) is 21.2. The first-order chi connectivity index (χ1) is 17.5. The SMILES string of the molecule is COC(=O)[C@H](Cc1ccc(OCc2ccccc2)c(I)c1)NC(=O)[C@H](C)NC(=O)[C@H](C)NC(=O)[C@H](C)N. The Labute approximate surface area is 230 Å². The van der Waals surface area contributed by atoms with E-state index in [0.29, 0.717) is 12.4 Å². The van der Waals surface area contributed by atoms with Gasteiger partial charge in [-0.15, -0.1) is 0 Å². The van der Waals surface area contributed by atoms with Crippen molar-refractivity contribution in [1.29, 1.82) is 0 Å². The van der Waals surface area contributed by atoms with Crippen LogP contribution in [0.3, 0.4) is 0 Å². The molecule has 0 saturated heterocycles. The number of nitrogens with one attached hydrogen (secondary N) is 3. The second kappa shape index (κ2) is 14.5.